The van der Waals surface area contributed by atoms with Crippen LogP contribution in [0.2, 0.25) is 5.02 Å². The van der Waals surface area contributed by atoms with Gasteiger partial charge in [-0.1, -0.05) is 47.5 Å². The maximum absolute atomic E-state index is 13.4. The van der Waals surface area contributed by atoms with Gasteiger partial charge in [-0.3, -0.25) is 14.9 Å². The third-order valence-corrected chi connectivity index (χ3v) is 6.10. The average molecular weight is 537 g/mol. The smallest absolute Gasteiger partial charge is 0.336 e. The minimum Gasteiger partial charge on any atom is -0.495 e. The lowest BCUT2D eigenvalue weighted by Gasteiger charge is -2.28. The summed E-state index contributed by atoms with van der Waals surface area (Å²) >= 11 is 6.16. The van der Waals surface area contributed by atoms with Gasteiger partial charge in [0.1, 0.15) is 23.7 Å². The second kappa shape index (κ2) is 11.3. The van der Waals surface area contributed by atoms with Crippen molar-refractivity contribution in [3.63, 3.8) is 0 Å². The number of benzene rings is 3. The molecule has 38 heavy (non-hydrogen) atoms. The lowest BCUT2D eigenvalue weighted by molar-refractivity contribution is -0.122. The molecule has 9 nitrogen and oxygen atoms in total. The number of urea groups is 1. The van der Waals surface area contributed by atoms with Crippen LogP contribution in [0.4, 0.5) is 10.5 Å². The molecule has 0 aliphatic carbocycles. The lowest BCUT2D eigenvalue weighted by atomic mass is 10.1. The Hall–Kier alpha value is -4.50. The molecule has 0 spiro atoms. The Balaban J connectivity index is 1.64. The van der Waals surface area contributed by atoms with Gasteiger partial charge in [0, 0.05) is 12.1 Å². The van der Waals surface area contributed by atoms with Crippen molar-refractivity contribution in [3.05, 3.63) is 81.9 Å². The van der Waals surface area contributed by atoms with Crippen molar-refractivity contribution in [2.24, 2.45) is 0 Å². The van der Waals surface area contributed by atoms with Gasteiger partial charge in [0.2, 0.25) is 0 Å². The summed E-state index contributed by atoms with van der Waals surface area (Å²) in [6.45, 7) is 2.34. The van der Waals surface area contributed by atoms with Crippen molar-refractivity contribution in [2.45, 2.75) is 13.5 Å². The molecule has 4 amide bonds. The van der Waals surface area contributed by atoms with E-state index >= 15 is 0 Å². The number of hydrogen-bond acceptors (Lipinski definition) is 7. The number of carbonyl (C=O) groups excluding carboxylic acids is 3. The number of ether oxygens (including phenoxy) is 4. The summed E-state index contributed by atoms with van der Waals surface area (Å²) in [5, 5.41) is 2.41. The number of methoxy groups -OCH3 is 3. The molecule has 1 heterocycles. The van der Waals surface area contributed by atoms with Crippen LogP contribution >= 0.6 is 11.6 Å². The highest BCUT2D eigenvalue weighted by Crippen LogP contribution is 2.39. The molecule has 4 rings (SSSR count). The molecule has 0 atom stereocenters. The highest BCUT2D eigenvalue weighted by molar-refractivity contribution is 6.39. The first-order chi connectivity index (χ1) is 18.2. The molecule has 3 aromatic rings. The van der Waals surface area contributed by atoms with Crippen LogP contribution in [-0.2, 0) is 16.2 Å². The number of imide groups is 2. The number of carbonyl (C=O) groups is 3. The minimum absolute atomic E-state index is 0.0621. The first kappa shape index (κ1) is 26.6. The van der Waals surface area contributed by atoms with E-state index < -0.39 is 17.8 Å². The molecule has 0 radical (unpaired) electrons. The predicted molar refractivity (Wildman–Crippen MR) is 142 cm³/mol. The standard InChI is InChI=1S/C28H25ClN2O7/c1-16-5-7-17(8-6-16)15-38-22-10-9-18(12-25(22)37-4)11-19-26(32)30-28(34)31(27(19)33)21-14-23(35-2)20(29)13-24(21)36-3/h5-14H,15H2,1-4H3,(H,30,32,34)/b19-11+. The van der Waals surface area contributed by atoms with Crippen molar-refractivity contribution in [2.75, 3.05) is 26.2 Å². The number of halogens is 1. The fraction of sp³-hybridized carbons (Fsp3) is 0.179. The summed E-state index contributed by atoms with van der Waals surface area (Å²) in [6, 6.07) is 14.8. The van der Waals surface area contributed by atoms with E-state index in [1.807, 2.05) is 31.2 Å². The monoisotopic (exact) mass is 536 g/mol. The quantitative estimate of drug-likeness (QED) is 0.322. The Morgan fingerprint density at radius 2 is 1.53 bits per heavy atom. The molecule has 0 unspecified atom stereocenters. The number of hydrogen-bond donors (Lipinski definition) is 1. The van der Waals surface area contributed by atoms with Crippen LogP contribution in [0.5, 0.6) is 23.0 Å². The van der Waals surface area contributed by atoms with Crippen molar-refractivity contribution in [1.29, 1.82) is 0 Å². The van der Waals surface area contributed by atoms with Gasteiger partial charge in [0.25, 0.3) is 11.8 Å². The van der Waals surface area contributed by atoms with Crippen LogP contribution in [-0.4, -0.2) is 39.2 Å². The summed E-state index contributed by atoms with van der Waals surface area (Å²) < 4.78 is 21.9. The van der Waals surface area contributed by atoms with Crippen molar-refractivity contribution in [3.8, 4) is 23.0 Å². The Labute approximate surface area is 224 Å². The summed E-state index contributed by atoms with van der Waals surface area (Å²) in [5.41, 5.74) is 2.42. The molecular weight excluding hydrogens is 512 g/mol. The van der Waals surface area contributed by atoms with E-state index in [2.05, 4.69) is 5.32 Å². The summed E-state index contributed by atoms with van der Waals surface area (Å²) in [5.74, 6) is -0.423. The molecule has 0 aromatic heterocycles. The average Bonchev–Trinajstić information content (AvgIpc) is 2.91. The van der Waals surface area contributed by atoms with Crippen molar-refractivity contribution >= 4 is 41.2 Å². The molecule has 3 aromatic carbocycles. The molecule has 0 saturated carbocycles. The molecule has 1 N–H and O–H groups in total. The molecule has 196 valence electrons. The Kier molecular flexibility index (Phi) is 7.87. The number of aryl methyl sites for hydroxylation is 1. The van der Waals surface area contributed by atoms with Gasteiger partial charge in [-0.15, -0.1) is 0 Å². The number of barbiturate groups is 1. The largest absolute Gasteiger partial charge is 0.495 e. The Morgan fingerprint density at radius 3 is 2.18 bits per heavy atom. The maximum atomic E-state index is 13.4. The van der Waals surface area contributed by atoms with E-state index in [0.29, 0.717) is 23.7 Å². The lowest BCUT2D eigenvalue weighted by Crippen LogP contribution is -2.54. The molecule has 1 aliphatic heterocycles. The predicted octanol–water partition coefficient (Wildman–Crippen LogP) is 4.92. The third-order valence-electron chi connectivity index (χ3n) is 5.81. The molecule has 1 saturated heterocycles. The van der Waals surface area contributed by atoms with E-state index in [9.17, 15) is 14.4 Å². The van der Waals surface area contributed by atoms with Gasteiger partial charge in [-0.05, 0) is 36.3 Å². The van der Waals surface area contributed by atoms with E-state index in [4.69, 9.17) is 30.5 Å². The van der Waals surface area contributed by atoms with Crippen LogP contribution in [0.1, 0.15) is 16.7 Å². The topological polar surface area (TPSA) is 103 Å². The first-order valence-electron chi connectivity index (χ1n) is 11.4. The molecule has 0 bridgehead atoms. The molecular formula is C28H25ClN2O7. The second-order valence-electron chi connectivity index (χ2n) is 8.30. The fourth-order valence-electron chi connectivity index (χ4n) is 3.80. The van der Waals surface area contributed by atoms with E-state index in [-0.39, 0.29) is 27.8 Å². The molecule has 1 fully saturated rings. The first-order valence-corrected chi connectivity index (χ1v) is 11.8. The van der Waals surface area contributed by atoms with Crippen LogP contribution in [0.25, 0.3) is 6.08 Å². The summed E-state index contributed by atoms with van der Waals surface area (Å²) in [6.07, 6.45) is 1.36. The number of rotatable bonds is 8. The van der Waals surface area contributed by atoms with Gasteiger partial charge >= 0.3 is 6.03 Å². The Morgan fingerprint density at radius 1 is 0.842 bits per heavy atom. The van der Waals surface area contributed by atoms with E-state index in [1.54, 1.807) is 18.2 Å². The van der Waals surface area contributed by atoms with Gasteiger partial charge in [-0.25, -0.2) is 9.69 Å². The third kappa shape index (κ3) is 5.42. The number of nitrogens with zero attached hydrogens (tertiary/aromatic N) is 1. The SMILES string of the molecule is COc1cc(N2C(=O)NC(=O)/C(=C\c3ccc(OCc4ccc(C)cc4)c(OC)c3)C2=O)c(OC)cc1Cl. The molecule has 1 aliphatic rings. The normalized spacial score (nSPS) is 14.4. The second-order valence-corrected chi connectivity index (χ2v) is 8.71. The van der Waals surface area contributed by atoms with Gasteiger partial charge in [-0.2, -0.15) is 0 Å². The van der Waals surface area contributed by atoms with Crippen LogP contribution in [0.15, 0.2) is 60.2 Å². The highest BCUT2D eigenvalue weighted by Gasteiger charge is 2.38. The van der Waals surface area contributed by atoms with E-state index in [0.717, 1.165) is 16.0 Å². The molecule has 10 heteroatoms. The van der Waals surface area contributed by atoms with Crippen molar-refractivity contribution in [1.82, 2.24) is 5.32 Å². The summed E-state index contributed by atoms with van der Waals surface area (Å²) in [7, 11) is 4.25. The van der Waals surface area contributed by atoms with Crippen LogP contribution in [0, 0.1) is 6.92 Å². The number of anilines is 1. The van der Waals surface area contributed by atoms with E-state index in [1.165, 1.54) is 39.5 Å². The van der Waals surface area contributed by atoms with Gasteiger partial charge < -0.3 is 18.9 Å². The van der Waals surface area contributed by atoms with Crippen molar-refractivity contribution < 1.29 is 33.3 Å². The minimum atomic E-state index is -0.933. The number of nitrogens with one attached hydrogen (secondary N) is 1. The summed E-state index contributed by atoms with van der Waals surface area (Å²) in [4.78, 5) is 39.5. The van der Waals surface area contributed by atoms with Crippen LogP contribution in [0.3, 0.4) is 0 Å². The number of amides is 4. The fourth-order valence-corrected chi connectivity index (χ4v) is 4.03. The zero-order valence-corrected chi connectivity index (χ0v) is 21.9. The zero-order chi connectivity index (χ0) is 27.4. The highest BCUT2D eigenvalue weighted by atomic mass is 35.5. The van der Waals surface area contributed by atoms with Gasteiger partial charge in [0.15, 0.2) is 11.5 Å². The Bertz CT molecular complexity index is 1430. The van der Waals surface area contributed by atoms with Crippen LogP contribution < -0.4 is 29.2 Å². The maximum Gasteiger partial charge on any atom is 0.336 e. The zero-order valence-electron chi connectivity index (χ0n) is 21.2. The van der Waals surface area contributed by atoms with Gasteiger partial charge in [0.05, 0.1) is 32.0 Å².